The fourth-order valence-electron chi connectivity index (χ4n) is 2.03. The normalized spacial score (nSPS) is 13.0. The van der Waals surface area contributed by atoms with Crippen molar-refractivity contribution in [3.8, 4) is 0 Å². The van der Waals surface area contributed by atoms with E-state index in [1.54, 1.807) is 24.3 Å². The Hall–Kier alpha value is -2.41. The molecule has 7 nitrogen and oxygen atoms in total. The lowest BCUT2D eigenvalue weighted by molar-refractivity contribution is -0.142. The van der Waals surface area contributed by atoms with E-state index in [0.717, 1.165) is 5.56 Å². The van der Waals surface area contributed by atoms with Gasteiger partial charge in [-0.25, -0.2) is 0 Å². The van der Waals surface area contributed by atoms with E-state index in [0.29, 0.717) is 0 Å². The number of carbonyl (C=O) groups excluding carboxylic acids is 3. The summed E-state index contributed by atoms with van der Waals surface area (Å²) >= 11 is 0. The molecule has 1 unspecified atom stereocenters. The third-order valence-corrected chi connectivity index (χ3v) is 3.64. The first kappa shape index (κ1) is 19.6. The molecule has 0 aliphatic heterocycles. The first-order valence-electron chi connectivity index (χ1n) is 7.79. The van der Waals surface area contributed by atoms with Crippen LogP contribution in [0.25, 0.3) is 0 Å². The van der Waals surface area contributed by atoms with E-state index in [2.05, 4.69) is 10.6 Å². The van der Waals surface area contributed by atoms with Crippen LogP contribution in [0.15, 0.2) is 30.3 Å². The molecule has 1 rings (SSSR count). The summed E-state index contributed by atoms with van der Waals surface area (Å²) in [4.78, 5) is 35.5. The maximum atomic E-state index is 11.9. The van der Waals surface area contributed by atoms with Crippen molar-refractivity contribution < 1.29 is 19.1 Å². The Bertz CT molecular complexity index is 560. The smallest absolute Gasteiger partial charge is 0.314 e. The zero-order valence-corrected chi connectivity index (χ0v) is 14.2. The number of rotatable bonds is 8. The zero-order chi connectivity index (χ0) is 18.1. The summed E-state index contributed by atoms with van der Waals surface area (Å²) in [6.45, 7) is 3.54. The van der Waals surface area contributed by atoms with Gasteiger partial charge in [0, 0.05) is 6.54 Å². The van der Waals surface area contributed by atoms with Crippen LogP contribution in [0.4, 0.5) is 0 Å². The predicted octanol–water partition coefficient (Wildman–Crippen LogP) is 0.159. The van der Waals surface area contributed by atoms with Gasteiger partial charge in [0.2, 0.25) is 11.8 Å². The fraction of sp³-hybridized carbons (Fsp3) is 0.471. The number of nitrogens with two attached hydrogens (primary N) is 1. The number of hydrogen-bond donors (Lipinski definition) is 3. The van der Waals surface area contributed by atoms with Gasteiger partial charge in [-0.1, -0.05) is 44.2 Å². The molecular formula is C17H25N3O4. The number of hydrogen-bond acceptors (Lipinski definition) is 5. The van der Waals surface area contributed by atoms with Crippen LogP contribution in [0, 0.1) is 5.92 Å². The van der Waals surface area contributed by atoms with Gasteiger partial charge < -0.3 is 21.1 Å². The Kier molecular flexibility index (Phi) is 7.91. The van der Waals surface area contributed by atoms with E-state index in [-0.39, 0.29) is 24.9 Å². The molecule has 0 bridgehead atoms. The molecule has 24 heavy (non-hydrogen) atoms. The Morgan fingerprint density at radius 1 is 1.12 bits per heavy atom. The van der Waals surface area contributed by atoms with Gasteiger partial charge in [0.05, 0.1) is 25.6 Å². The Balaban J connectivity index is 2.54. The van der Waals surface area contributed by atoms with Crippen molar-refractivity contribution in [2.45, 2.75) is 25.8 Å². The second kappa shape index (κ2) is 9.67. The molecule has 0 fully saturated rings. The zero-order valence-electron chi connectivity index (χ0n) is 14.2. The highest BCUT2D eigenvalue weighted by Crippen LogP contribution is 2.16. The van der Waals surface area contributed by atoms with Crippen LogP contribution in [0.3, 0.4) is 0 Å². The molecule has 0 aliphatic rings. The average Bonchev–Trinajstić information content (AvgIpc) is 2.59. The summed E-state index contributed by atoms with van der Waals surface area (Å²) in [5.74, 6) is -1.84. The van der Waals surface area contributed by atoms with Crippen molar-refractivity contribution in [2.24, 2.45) is 11.7 Å². The Morgan fingerprint density at radius 2 is 1.75 bits per heavy atom. The summed E-state index contributed by atoms with van der Waals surface area (Å²) < 4.78 is 4.78. The Morgan fingerprint density at radius 3 is 2.29 bits per heavy atom. The molecule has 132 valence electrons. The van der Waals surface area contributed by atoms with Crippen molar-refractivity contribution in [3.63, 3.8) is 0 Å². The van der Waals surface area contributed by atoms with Crippen LogP contribution >= 0.6 is 0 Å². The molecular weight excluding hydrogens is 310 g/mol. The largest absolute Gasteiger partial charge is 0.468 e. The predicted molar refractivity (Wildman–Crippen MR) is 90.0 cm³/mol. The number of esters is 1. The topological polar surface area (TPSA) is 111 Å². The van der Waals surface area contributed by atoms with Gasteiger partial charge >= 0.3 is 5.97 Å². The van der Waals surface area contributed by atoms with E-state index >= 15 is 0 Å². The first-order valence-corrected chi connectivity index (χ1v) is 7.79. The molecule has 0 aliphatic carbocycles. The van der Waals surface area contributed by atoms with Crippen LogP contribution in [0.2, 0.25) is 0 Å². The summed E-state index contributed by atoms with van der Waals surface area (Å²) in [6, 6.07) is 8.37. The molecule has 0 radical (unpaired) electrons. The standard InChI is InChI=1S/C17H25N3O4/c1-11(2)15(18)16(22)20-10-14(21)19-9-13(17(23)24-3)12-7-5-4-6-8-12/h4-8,11,13,15H,9-10,18H2,1-3H3,(H,19,21)(H,20,22)/t13?,15-/m0/s1. The van der Waals surface area contributed by atoms with Gasteiger partial charge in [0.25, 0.3) is 0 Å². The summed E-state index contributed by atoms with van der Waals surface area (Å²) in [6.07, 6.45) is 0. The number of carbonyl (C=O) groups is 3. The lowest BCUT2D eigenvalue weighted by Crippen LogP contribution is -2.47. The highest BCUT2D eigenvalue weighted by molar-refractivity contribution is 5.87. The molecule has 1 aromatic carbocycles. The van der Waals surface area contributed by atoms with Gasteiger partial charge in [-0.2, -0.15) is 0 Å². The van der Waals surface area contributed by atoms with Crippen molar-refractivity contribution >= 4 is 17.8 Å². The number of amides is 2. The van der Waals surface area contributed by atoms with Gasteiger partial charge in [-0.05, 0) is 11.5 Å². The number of ether oxygens (including phenoxy) is 1. The lowest BCUT2D eigenvalue weighted by Gasteiger charge is -2.17. The SMILES string of the molecule is COC(=O)C(CNC(=O)CNC(=O)[C@@H](N)C(C)C)c1ccccc1. The van der Waals surface area contributed by atoms with Crippen molar-refractivity contribution in [1.82, 2.24) is 10.6 Å². The van der Waals surface area contributed by atoms with Crippen LogP contribution in [0.1, 0.15) is 25.3 Å². The molecule has 1 aromatic rings. The average molecular weight is 335 g/mol. The van der Waals surface area contributed by atoms with Crippen LogP contribution in [-0.4, -0.2) is 44.0 Å². The number of benzene rings is 1. The van der Waals surface area contributed by atoms with Gasteiger partial charge in [-0.15, -0.1) is 0 Å². The van der Waals surface area contributed by atoms with E-state index < -0.39 is 23.8 Å². The van der Waals surface area contributed by atoms with Crippen molar-refractivity contribution in [3.05, 3.63) is 35.9 Å². The minimum Gasteiger partial charge on any atom is -0.468 e. The van der Waals surface area contributed by atoms with E-state index in [1.807, 2.05) is 19.9 Å². The molecule has 0 aromatic heterocycles. The monoisotopic (exact) mass is 335 g/mol. The van der Waals surface area contributed by atoms with Gasteiger partial charge in [0.1, 0.15) is 0 Å². The first-order chi connectivity index (χ1) is 11.4. The maximum Gasteiger partial charge on any atom is 0.314 e. The molecule has 0 heterocycles. The third-order valence-electron chi connectivity index (χ3n) is 3.64. The van der Waals surface area contributed by atoms with Crippen LogP contribution in [0.5, 0.6) is 0 Å². The van der Waals surface area contributed by atoms with Gasteiger partial charge in [-0.3, -0.25) is 14.4 Å². The number of nitrogens with one attached hydrogen (secondary N) is 2. The van der Waals surface area contributed by atoms with Gasteiger partial charge in [0.15, 0.2) is 0 Å². The second-order valence-corrected chi connectivity index (χ2v) is 5.78. The van der Waals surface area contributed by atoms with Crippen molar-refractivity contribution in [2.75, 3.05) is 20.2 Å². The van der Waals surface area contributed by atoms with E-state index in [4.69, 9.17) is 10.5 Å². The van der Waals surface area contributed by atoms with E-state index in [9.17, 15) is 14.4 Å². The van der Waals surface area contributed by atoms with Crippen LogP contribution < -0.4 is 16.4 Å². The molecule has 2 amide bonds. The van der Waals surface area contributed by atoms with E-state index in [1.165, 1.54) is 7.11 Å². The third kappa shape index (κ3) is 6.00. The second-order valence-electron chi connectivity index (χ2n) is 5.78. The molecule has 0 saturated carbocycles. The van der Waals surface area contributed by atoms with Crippen LogP contribution in [-0.2, 0) is 19.1 Å². The lowest BCUT2D eigenvalue weighted by atomic mass is 9.99. The minimum atomic E-state index is -0.662. The highest BCUT2D eigenvalue weighted by atomic mass is 16.5. The quantitative estimate of drug-likeness (QED) is 0.586. The van der Waals surface area contributed by atoms with Crippen molar-refractivity contribution in [1.29, 1.82) is 0 Å². The summed E-state index contributed by atoms with van der Waals surface area (Å²) in [5, 5.41) is 5.10. The minimum absolute atomic E-state index is 0.0187. The summed E-state index contributed by atoms with van der Waals surface area (Å²) in [7, 11) is 1.30. The Labute approximate surface area is 141 Å². The fourth-order valence-corrected chi connectivity index (χ4v) is 2.03. The molecule has 0 saturated heterocycles. The molecule has 2 atom stereocenters. The number of methoxy groups -OCH3 is 1. The molecule has 0 spiro atoms. The molecule has 4 N–H and O–H groups in total. The summed E-state index contributed by atoms with van der Waals surface area (Å²) in [5.41, 5.74) is 6.44. The highest BCUT2D eigenvalue weighted by Gasteiger charge is 2.22. The molecule has 7 heteroatoms. The maximum absolute atomic E-state index is 11.9.